The highest BCUT2D eigenvalue weighted by molar-refractivity contribution is 5.99. The van der Waals surface area contributed by atoms with E-state index in [1.54, 1.807) is 13.3 Å². The number of nitrogens with one attached hydrogen (secondary N) is 1. The molecule has 0 spiro atoms. The first-order chi connectivity index (χ1) is 14.0. The fourth-order valence-corrected chi connectivity index (χ4v) is 3.76. The molecule has 2 aromatic heterocycles. The minimum absolute atomic E-state index is 0.0703. The summed E-state index contributed by atoms with van der Waals surface area (Å²) in [6, 6.07) is 6.88. The van der Waals surface area contributed by atoms with Gasteiger partial charge in [0.05, 0.1) is 17.9 Å². The van der Waals surface area contributed by atoms with Crippen molar-refractivity contribution in [3.8, 4) is 11.3 Å². The van der Waals surface area contributed by atoms with Crippen LogP contribution in [0, 0.1) is 11.6 Å². The highest BCUT2D eigenvalue weighted by Crippen LogP contribution is 2.27. The fraction of sp³-hybridized carbons (Fsp3) is 0.333. The van der Waals surface area contributed by atoms with E-state index in [9.17, 15) is 13.6 Å². The van der Waals surface area contributed by atoms with Gasteiger partial charge in [-0.25, -0.2) is 8.78 Å². The van der Waals surface area contributed by atoms with Gasteiger partial charge >= 0.3 is 0 Å². The summed E-state index contributed by atoms with van der Waals surface area (Å²) in [5, 5.41) is 7.14. The number of nitrogens with zero attached hydrogens (tertiary/aromatic N) is 3. The Kier molecular flexibility index (Phi) is 5.44. The summed E-state index contributed by atoms with van der Waals surface area (Å²) in [5.74, 6) is -1.01. The van der Waals surface area contributed by atoms with Gasteiger partial charge in [-0.2, -0.15) is 5.10 Å². The lowest BCUT2D eigenvalue weighted by molar-refractivity contribution is 0.0934. The van der Waals surface area contributed by atoms with E-state index in [2.05, 4.69) is 15.3 Å². The zero-order valence-electron chi connectivity index (χ0n) is 16.1. The second kappa shape index (κ2) is 8.16. The predicted molar refractivity (Wildman–Crippen MR) is 103 cm³/mol. The molecule has 1 N–H and O–H groups in total. The Morgan fingerprint density at radius 2 is 2.07 bits per heavy atom. The largest absolute Gasteiger partial charge is 0.468 e. The SMILES string of the molecule is Cn1cc(C(=O)NCC(c2ccco2)N2CCCC2)c(-c2ccc(F)cc2F)n1. The zero-order valence-corrected chi connectivity index (χ0v) is 16.1. The Morgan fingerprint density at radius 3 is 2.76 bits per heavy atom. The molecule has 1 fully saturated rings. The van der Waals surface area contributed by atoms with Crippen molar-refractivity contribution in [2.75, 3.05) is 19.6 Å². The lowest BCUT2D eigenvalue weighted by Crippen LogP contribution is -2.36. The van der Waals surface area contributed by atoms with Crippen molar-refractivity contribution in [1.82, 2.24) is 20.0 Å². The number of carbonyl (C=O) groups excluding carboxylic acids is 1. The molecule has 1 aliphatic heterocycles. The predicted octanol–water partition coefficient (Wildman–Crippen LogP) is 3.53. The maximum atomic E-state index is 14.3. The minimum Gasteiger partial charge on any atom is -0.468 e. The number of aromatic nitrogens is 2. The maximum absolute atomic E-state index is 14.3. The highest BCUT2D eigenvalue weighted by Gasteiger charge is 2.27. The number of rotatable bonds is 6. The summed E-state index contributed by atoms with van der Waals surface area (Å²) < 4.78 is 34.5. The van der Waals surface area contributed by atoms with Crippen LogP contribution < -0.4 is 5.32 Å². The molecule has 6 nitrogen and oxygen atoms in total. The molecule has 152 valence electrons. The van der Waals surface area contributed by atoms with Crippen LogP contribution in [-0.2, 0) is 7.05 Å². The van der Waals surface area contributed by atoms with Gasteiger partial charge in [0.15, 0.2) is 0 Å². The molecule has 29 heavy (non-hydrogen) atoms. The lowest BCUT2D eigenvalue weighted by atomic mass is 10.1. The van der Waals surface area contributed by atoms with Gasteiger partial charge in [0.1, 0.15) is 23.1 Å². The first kappa shape index (κ1) is 19.3. The van der Waals surface area contributed by atoms with E-state index in [1.165, 1.54) is 16.9 Å². The third-order valence-electron chi connectivity index (χ3n) is 5.17. The monoisotopic (exact) mass is 400 g/mol. The lowest BCUT2D eigenvalue weighted by Gasteiger charge is -2.26. The van der Waals surface area contributed by atoms with E-state index in [0.29, 0.717) is 6.54 Å². The van der Waals surface area contributed by atoms with Gasteiger partial charge in [-0.05, 0) is 50.2 Å². The average Bonchev–Trinajstić information content (AvgIpc) is 3.44. The molecule has 0 aliphatic carbocycles. The van der Waals surface area contributed by atoms with Gasteiger partial charge in [-0.15, -0.1) is 0 Å². The first-order valence-corrected chi connectivity index (χ1v) is 9.57. The molecule has 1 amide bonds. The van der Waals surface area contributed by atoms with Crippen molar-refractivity contribution in [2.24, 2.45) is 7.05 Å². The number of benzene rings is 1. The first-order valence-electron chi connectivity index (χ1n) is 9.57. The molecule has 8 heteroatoms. The Morgan fingerprint density at radius 1 is 1.28 bits per heavy atom. The summed E-state index contributed by atoms with van der Waals surface area (Å²) in [4.78, 5) is 15.2. The Hall–Kier alpha value is -3.00. The van der Waals surface area contributed by atoms with Gasteiger partial charge in [-0.3, -0.25) is 14.4 Å². The second-order valence-corrected chi connectivity index (χ2v) is 7.17. The van der Waals surface area contributed by atoms with Crippen molar-refractivity contribution in [2.45, 2.75) is 18.9 Å². The van der Waals surface area contributed by atoms with Crippen LogP contribution in [0.25, 0.3) is 11.3 Å². The summed E-state index contributed by atoms with van der Waals surface area (Å²) in [6.45, 7) is 2.24. The van der Waals surface area contributed by atoms with Crippen molar-refractivity contribution in [3.63, 3.8) is 0 Å². The van der Waals surface area contributed by atoms with E-state index < -0.39 is 11.6 Å². The molecule has 3 heterocycles. The molecule has 0 bridgehead atoms. The highest BCUT2D eigenvalue weighted by atomic mass is 19.1. The third-order valence-corrected chi connectivity index (χ3v) is 5.17. The van der Waals surface area contributed by atoms with E-state index in [-0.39, 0.29) is 28.8 Å². The van der Waals surface area contributed by atoms with E-state index in [0.717, 1.165) is 43.8 Å². The number of carbonyl (C=O) groups is 1. The average molecular weight is 400 g/mol. The summed E-state index contributed by atoms with van der Waals surface area (Å²) in [7, 11) is 1.65. The van der Waals surface area contributed by atoms with Crippen molar-refractivity contribution in [1.29, 1.82) is 0 Å². The van der Waals surface area contributed by atoms with Crippen LogP contribution in [0.2, 0.25) is 0 Å². The number of halogens is 2. The fourth-order valence-electron chi connectivity index (χ4n) is 3.76. The van der Waals surface area contributed by atoms with Crippen LogP contribution in [0.15, 0.2) is 47.2 Å². The van der Waals surface area contributed by atoms with Gasteiger partial charge in [0.2, 0.25) is 0 Å². The van der Waals surface area contributed by atoms with Gasteiger partial charge in [0, 0.05) is 31.4 Å². The number of aryl methyl sites for hydroxylation is 1. The molecule has 1 unspecified atom stereocenters. The molecule has 3 aromatic rings. The van der Waals surface area contributed by atoms with Crippen LogP contribution in [0.5, 0.6) is 0 Å². The number of amides is 1. The molecule has 0 saturated carbocycles. The number of likely N-dealkylation sites (tertiary alicyclic amines) is 1. The molecular formula is C21H22F2N4O2. The molecule has 1 atom stereocenters. The normalized spacial score (nSPS) is 15.6. The summed E-state index contributed by atoms with van der Waals surface area (Å²) >= 11 is 0. The van der Waals surface area contributed by atoms with E-state index >= 15 is 0 Å². The van der Waals surface area contributed by atoms with Gasteiger partial charge in [0.25, 0.3) is 5.91 Å². The third kappa shape index (κ3) is 4.07. The van der Waals surface area contributed by atoms with E-state index in [4.69, 9.17) is 4.42 Å². The quantitative estimate of drug-likeness (QED) is 0.688. The van der Waals surface area contributed by atoms with Gasteiger partial charge in [-0.1, -0.05) is 0 Å². The summed E-state index contributed by atoms with van der Waals surface area (Å²) in [5.41, 5.74) is 0.495. The molecule has 4 rings (SSSR count). The van der Waals surface area contributed by atoms with Crippen molar-refractivity contribution >= 4 is 5.91 Å². The summed E-state index contributed by atoms with van der Waals surface area (Å²) in [6.07, 6.45) is 5.38. The smallest absolute Gasteiger partial charge is 0.255 e. The van der Waals surface area contributed by atoms with Crippen LogP contribution in [0.3, 0.4) is 0 Å². The maximum Gasteiger partial charge on any atom is 0.255 e. The zero-order chi connectivity index (χ0) is 20.4. The van der Waals surface area contributed by atoms with Crippen molar-refractivity contribution < 1.29 is 18.0 Å². The number of furan rings is 1. The second-order valence-electron chi connectivity index (χ2n) is 7.17. The van der Waals surface area contributed by atoms with Crippen LogP contribution in [0.1, 0.15) is 35.0 Å². The molecule has 1 saturated heterocycles. The van der Waals surface area contributed by atoms with E-state index in [1.807, 2.05) is 12.1 Å². The molecular weight excluding hydrogens is 378 g/mol. The van der Waals surface area contributed by atoms with Crippen LogP contribution in [-0.4, -0.2) is 40.2 Å². The molecule has 0 radical (unpaired) electrons. The Labute approximate surface area is 167 Å². The molecule has 1 aromatic carbocycles. The molecule has 1 aliphatic rings. The van der Waals surface area contributed by atoms with Gasteiger partial charge < -0.3 is 9.73 Å². The number of hydrogen-bond acceptors (Lipinski definition) is 4. The van der Waals surface area contributed by atoms with Crippen LogP contribution >= 0.6 is 0 Å². The Bertz CT molecular complexity index is 994. The Balaban J connectivity index is 1.55. The topological polar surface area (TPSA) is 63.3 Å². The van der Waals surface area contributed by atoms with Crippen LogP contribution in [0.4, 0.5) is 8.78 Å². The minimum atomic E-state index is -0.761. The standard InChI is InChI=1S/C21H22F2N4O2/c1-26-13-16(20(25-26)15-7-6-14(22)11-17(15)23)21(28)24-12-18(19-5-4-10-29-19)27-8-2-3-9-27/h4-7,10-11,13,18H,2-3,8-9,12H2,1H3,(H,24,28). The number of hydrogen-bond donors (Lipinski definition) is 1. The van der Waals surface area contributed by atoms with Crippen molar-refractivity contribution in [3.05, 3.63) is 65.7 Å².